The standard InChI is InChI=1S/2C31H19N.12C2H6.2Y/c2*1-3-12-22(13-4-1)31(23-14-5-2-6-15-23)26-18-8-10-21-29(26)32-28-20-9-7-16-24(28)25-17-11-19-27(31)30(25)32;12*1-2;;/h2*1-12,14,16-21H;12*1-2H3;;/q2*-2;;;;;;;;;;;;;;. The van der Waals surface area contributed by atoms with E-state index in [-0.39, 0.29) is 65.4 Å². The summed E-state index contributed by atoms with van der Waals surface area (Å²) in [6, 6.07) is 96.4. The Morgan fingerprint density at radius 3 is 0.711 bits per heavy atom. The van der Waals surface area contributed by atoms with Gasteiger partial charge in [0.25, 0.3) is 0 Å². The molecule has 10 aromatic carbocycles. The van der Waals surface area contributed by atoms with E-state index in [0.29, 0.717) is 0 Å². The Kier molecular flexibility index (Phi) is 45.8. The van der Waals surface area contributed by atoms with Gasteiger partial charge in [0.15, 0.2) is 0 Å². The van der Waals surface area contributed by atoms with E-state index in [4.69, 9.17) is 0 Å². The van der Waals surface area contributed by atoms with E-state index < -0.39 is 10.8 Å². The van der Waals surface area contributed by atoms with E-state index in [1.807, 2.05) is 215 Å². The maximum Gasteiger partial charge on any atom is 0.0587 e. The molecule has 474 valence electrons. The third kappa shape index (κ3) is 17.0. The average molecular weight is 1350 g/mol. The van der Waals surface area contributed by atoms with Crippen LogP contribution in [0.3, 0.4) is 0 Å². The van der Waals surface area contributed by atoms with Crippen LogP contribution in [0, 0.1) is 24.3 Å². The minimum atomic E-state index is -0.497. The Balaban J connectivity index is 0. The van der Waals surface area contributed by atoms with Gasteiger partial charge in [0.05, 0.1) is 33.4 Å². The minimum absolute atomic E-state index is 0. The first kappa shape index (κ1) is 86.1. The average Bonchev–Trinajstić information content (AvgIpc) is 1.31. The summed E-state index contributed by atoms with van der Waals surface area (Å²) in [6.45, 7) is 48.0. The molecule has 0 aliphatic carbocycles. The van der Waals surface area contributed by atoms with Gasteiger partial charge in [0.2, 0.25) is 0 Å². The van der Waals surface area contributed by atoms with Crippen LogP contribution in [0.1, 0.15) is 211 Å². The number of aromatic nitrogens is 2. The van der Waals surface area contributed by atoms with Gasteiger partial charge in [-0.1, -0.05) is 275 Å². The summed E-state index contributed by atoms with van der Waals surface area (Å²) in [6.07, 6.45) is 0. The van der Waals surface area contributed by atoms with Crippen LogP contribution in [0.15, 0.2) is 231 Å². The first-order valence-corrected chi connectivity index (χ1v) is 33.9. The molecule has 2 aliphatic heterocycles. The number of para-hydroxylation sites is 6. The number of hydrogen-bond donors (Lipinski definition) is 0. The predicted molar refractivity (Wildman–Crippen MR) is 397 cm³/mol. The van der Waals surface area contributed by atoms with E-state index in [0.717, 1.165) is 22.3 Å². The van der Waals surface area contributed by atoms with Crippen molar-refractivity contribution in [1.29, 1.82) is 0 Å². The van der Waals surface area contributed by atoms with Gasteiger partial charge in [-0.05, 0) is 46.5 Å². The van der Waals surface area contributed by atoms with Crippen LogP contribution < -0.4 is 0 Å². The Labute approximate surface area is 600 Å². The second-order valence-electron chi connectivity index (χ2n) is 16.7. The molecular formula is C86H110N2Y2-4. The fraction of sp³-hybridized carbons (Fsp3) is 0.302. The van der Waals surface area contributed by atoms with Gasteiger partial charge in [-0.2, -0.15) is 121 Å². The van der Waals surface area contributed by atoms with Crippen LogP contribution in [0.2, 0.25) is 0 Å². The maximum absolute atomic E-state index is 3.60. The number of rotatable bonds is 4. The van der Waals surface area contributed by atoms with Crippen molar-refractivity contribution in [2.75, 3.05) is 0 Å². The van der Waals surface area contributed by atoms with Crippen LogP contribution in [0.5, 0.6) is 0 Å². The molecule has 0 amide bonds. The smallest absolute Gasteiger partial charge is 0.0587 e. The first-order valence-electron chi connectivity index (χ1n) is 33.9. The van der Waals surface area contributed by atoms with Crippen molar-refractivity contribution in [2.24, 2.45) is 0 Å². The van der Waals surface area contributed by atoms with Gasteiger partial charge in [-0.15, -0.1) is 22.3 Å². The number of benzene rings is 10. The fourth-order valence-corrected chi connectivity index (χ4v) is 11.4. The Morgan fingerprint density at radius 2 is 0.444 bits per heavy atom. The van der Waals surface area contributed by atoms with Crippen molar-refractivity contribution in [3.8, 4) is 11.4 Å². The second kappa shape index (κ2) is 47.9. The van der Waals surface area contributed by atoms with E-state index in [9.17, 15) is 0 Å². The molecular weight excluding hydrogens is 1240 g/mol. The molecule has 0 bridgehead atoms. The quantitative estimate of drug-likeness (QED) is 0.155. The van der Waals surface area contributed by atoms with Crippen LogP contribution in [-0.2, 0) is 76.2 Å². The molecule has 0 saturated carbocycles. The molecule has 4 heterocycles. The Morgan fingerprint density at radius 1 is 0.222 bits per heavy atom. The molecule has 2 radical (unpaired) electrons. The SMILES string of the molecule is CC.CC.CC.CC.CC.CC.CC.CC.CC.CC.CC.CC.[Y].[Y].[c-]1ccccc1C1(c2[c-]cccc2)c2ccccc2-n2c3ccccc3c3cccc1c32.[c-]1ccccc1C1(c2[c-]cccc2)c2ccccc2-n2c3ccccc3c3cccc1c32. The second-order valence-corrected chi connectivity index (χ2v) is 16.7. The topological polar surface area (TPSA) is 9.86 Å². The van der Waals surface area contributed by atoms with E-state index in [1.54, 1.807) is 0 Å². The molecule has 90 heavy (non-hydrogen) atoms. The molecule has 0 saturated heterocycles. The van der Waals surface area contributed by atoms with Gasteiger partial charge >= 0.3 is 0 Å². The third-order valence-electron chi connectivity index (χ3n) is 13.7. The van der Waals surface area contributed by atoms with Crippen LogP contribution in [-0.4, -0.2) is 9.13 Å². The zero-order chi connectivity index (χ0) is 66.2. The Bertz CT molecular complexity index is 3400. The number of hydrogen-bond acceptors (Lipinski definition) is 0. The number of nitrogens with zero attached hydrogens (tertiary/aromatic N) is 2. The summed E-state index contributed by atoms with van der Waals surface area (Å²) in [7, 11) is 0. The largest absolute Gasteiger partial charge is 0.309 e. The van der Waals surface area contributed by atoms with Gasteiger partial charge in [-0.3, -0.25) is 0 Å². The van der Waals surface area contributed by atoms with Crippen molar-refractivity contribution < 1.29 is 65.4 Å². The summed E-state index contributed by atoms with van der Waals surface area (Å²) in [5, 5.41) is 5.13. The van der Waals surface area contributed by atoms with Crippen molar-refractivity contribution in [3.63, 3.8) is 0 Å². The van der Waals surface area contributed by atoms with Gasteiger partial charge in [0.1, 0.15) is 0 Å². The normalized spacial score (nSPS) is 10.7. The van der Waals surface area contributed by atoms with Gasteiger partial charge < -0.3 is 9.13 Å². The summed E-state index contributed by atoms with van der Waals surface area (Å²) >= 11 is 0. The van der Waals surface area contributed by atoms with Gasteiger partial charge in [-0.25, -0.2) is 0 Å². The molecule has 0 N–H and O–H groups in total. The molecule has 12 aromatic rings. The summed E-state index contributed by atoms with van der Waals surface area (Å²) < 4.78 is 4.89. The molecule has 2 aromatic heterocycles. The predicted octanol–water partition coefficient (Wildman–Crippen LogP) is 26.5. The molecule has 0 spiro atoms. The summed E-state index contributed by atoms with van der Waals surface area (Å²) in [5.74, 6) is 0. The van der Waals surface area contributed by atoms with Crippen molar-refractivity contribution >= 4 is 43.6 Å². The van der Waals surface area contributed by atoms with Gasteiger partial charge in [0, 0.05) is 97.8 Å². The summed E-state index contributed by atoms with van der Waals surface area (Å²) in [5.41, 5.74) is 16.1. The third-order valence-corrected chi connectivity index (χ3v) is 13.7. The molecule has 2 nitrogen and oxygen atoms in total. The zero-order valence-electron chi connectivity index (χ0n) is 60.0. The maximum atomic E-state index is 3.60. The molecule has 4 heteroatoms. The van der Waals surface area contributed by atoms with Crippen LogP contribution in [0.25, 0.3) is 55.0 Å². The Hall–Kier alpha value is -5.99. The molecule has 14 rings (SSSR count). The first-order chi connectivity index (χ1) is 43.8. The van der Waals surface area contributed by atoms with Crippen LogP contribution >= 0.6 is 0 Å². The van der Waals surface area contributed by atoms with Crippen LogP contribution in [0.4, 0.5) is 0 Å². The molecule has 0 unspecified atom stereocenters. The monoisotopic (exact) mass is 1350 g/mol. The van der Waals surface area contributed by atoms with E-state index >= 15 is 0 Å². The van der Waals surface area contributed by atoms with Crippen molar-refractivity contribution in [3.05, 3.63) is 299 Å². The number of fused-ring (bicyclic) bond motifs is 10. The molecule has 0 atom stereocenters. The zero-order valence-corrected chi connectivity index (χ0v) is 65.7. The van der Waals surface area contributed by atoms with Crippen molar-refractivity contribution in [2.45, 2.75) is 177 Å². The van der Waals surface area contributed by atoms with E-state index in [1.165, 1.54) is 77.2 Å². The summed E-state index contributed by atoms with van der Waals surface area (Å²) in [4.78, 5) is 0. The van der Waals surface area contributed by atoms with E-state index in [2.05, 4.69) is 215 Å². The fourth-order valence-electron chi connectivity index (χ4n) is 11.4. The molecule has 0 fully saturated rings. The minimum Gasteiger partial charge on any atom is -0.309 e. The molecule has 2 aliphatic rings. The van der Waals surface area contributed by atoms with Crippen molar-refractivity contribution in [1.82, 2.24) is 9.13 Å².